The second-order valence-corrected chi connectivity index (χ2v) is 13.3. The van der Waals surface area contributed by atoms with Crippen LogP contribution in [0.3, 0.4) is 0 Å². The molecule has 0 atom stereocenters. The number of aromatic nitrogens is 4. The maximum atomic E-state index is 6.01. The fraction of sp³-hybridized carbons (Fsp3) is 0.0870. The summed E-state index contributed by atoms with van der Waals surface area (Å²) in [6, 6.07) is 59.8. The van der Waals surface area contributed by atoms with Gasteiger partial charge < -0.3 is 9.30 Å². The van der Waals surface area contributed by atoms with Gasteiger partial charge in [-0.2, -0.15) is 24.3 Å². The molecule has 0 spiro atoms. The van der Waals surface area contributed by atoms with Crippen LogP contribution in [0.4, 0.5) is 0 Å². The van der Waals surface area contributed by atoms with Crippen LogP contribution in [0, 0.1) is 18.5 Å². The van der Waals surface area contributed by atoms with E-state index in [0.717, 1.165) is 44.6 Å². The minimum Gasteiger partial charge on any atom is -0.509 e. The van der Waals surface area contributed by atoms with E-state index in [2.05, 4.69) is 144 Å². The number of ether oxygens (including phenoxy) is 1. The molecule has 0 aliphatic heterocycles. The Bertz CT molecular complexity index is 2510. The van der Waals surface area contributed by atoms with Gasteiger partial charge in [-0.25, -0.2) is 4.98 Å². The standard InChI is InChI=1S/C27H22N2O.C19H14N2.Pt/c1-27(2,3)19-15-16-28-26(17-19)29-24-12-8-7-11-22(24)23-14-13-21(18-25(23)29)30-20-9-5-4-6-10-20;1-3-9-16(10-4-1)20-15-21(17-11-5-2-6-12-17)19-14-8-7-13-18(19)20;/h4-9,11-17H,1-3H3;1-14H;/q-2;;. The Morgan fingerprint density at radius 3 is 2.10 bits per heavy atom. The van der Waals surface area contributed by atoms with Crippen LogP contribution in [-0.2, 0) is 26.5 Å². The predicted molar refractivity (Wildman–Crippen MR) is 205 cm³/mol. The largest absolute Gasteiger partial charge is 0.509 e. The van der Waals surface area contributed by atoms with Crippen molar-refractivity contribution in [1.82, 2.24) is 14.1 Å². The first-order valence-electron chi connectivity index (χ1n) is 17.1. The van der Waals surface area contributed by atoms with Crippen LogP contribution in [0.2, 0.25) is 0 Å². The number of nitrogens with zero attached hydrogens (tertiary/aromatic N) is 4. The minimum absolute atomic E-state index is 0. The molecular formula is C46H36N4OPt-2. The molecule has 52 heavy (non-hydrogen) atoms. The molecule has 0 amide bonds. The van der Waals surface area contributed by atoms with Gasteiger partial charge in [0.2, 0.25) is 0 Å². The summed E-state index contributed by atoms with van der Waals surface area (Å²) in [5.74, 6) is 2.21. The SMILES string of the molecule is CC(C)(C)c1ccnc(-n2c3[c-]c(Oc4[c-]cccc4)ccc3c3ccccc32)c1.[Pt].[c-]1n(-c2ccccc2)c2ccccc2[n+]1-c1ccccc1. The van der Waals surface area contributed by atoms with E-state index in [1.807, 2.05) is 72.9 Å². The first-order valence-corrected chi connectivity index (χ1v) is 17.1. The van der Waals surface area contributed by atoms with Gasteiger partial charge in [0, 0.05) is 44.3 Å². The van der Waals surface area contributed by atoms with Crippen molar-refractivity contribution in [2.75, 3.05) is 0 Å². The summed E-state index contributed by atoms with van der Waals surface area (Å²) in [5, 5.41) is 2.29. The summed E-state index contributed by atoms with van der Waals surface area (Å²) >= 11 is 0. The molecule has 6 heteroatoms. The maximum absolute atomic E-state index is 6.01. The molecule has 0 radical (unpaired) electrons. The number of fused-ring (bicyclic) bond motifs is 4. The molecule has 0 aliphatic rings. The van der Waals surface area contributed by atoms with Gasteiger partial charge in [-0.05, 0) is 58.8 Å². The second-order valence-electron chi connectivity index (χ2n) is 13.3. The average Bonchev–Trinajstić information content (AvgIpc) is 3.72. The summed E-state index contributed by atoms with van der Waals surface area (Å²) in [6.45, 7) is 6.64. The maximum Gasteiger partial charge on any atom is 0.269 e. The molecule has 9 aromatic rings. The van der Waals surface area contributed by atoms with E-state index in [-0.39, 0.29) is 26.5 Å². The van der Waals surface area contributed by atoms with Crippen molar-refractivity contribution in [3.63, 3.8) is 0 Å². The van der Waals surface area contributed by atoms with E-state index < -0.39 is 0 Å². The van der Waals surface area contributed by atoms with E-state index >= 15 is 0 Å². The zero-order chi connectivity index (χ0) is 34.8. The molecule has 0 aliphatic carbocycles. The number of pyridine rings is 1. The Kier molecular flexibility index (Phi) is 9.89. The zero-order valence-corrected chi connectivity index (χ0v) is 31.4. The van der Waals surface area contributed by atoms with E-state index in [9.17, 15) is 0 Å². The predicted octanol–water partition coefficient (Wildman–Crippen LogP) is 10.6. The average molecular weight is 856 g/mol. The molecule has 0 N–H and O–H groups in total. The molecule has 9 rings (SSSR count). The molecule has 0 bridgehead atoms. The molecule has 0 unspecified atom stereocenters. The monoisotopic (exact) mass is 855 g/mol. The van der Waals surface area contributed by atoms with Gasteiger partial charge in [-0.1, -0.05) is 105 Å². The Balaban J connectivity index is 0.000000168. The van der Waals surface area contributed by atoms with Crippen molar-refractivity contribution in [3.05, 3.63) is 188 Å². The van der Waals surface area contributed by atoms with Gasteiger partial charge in [0.05, 0.1) is 22.4 Å². The van der Waals surface area contributed by atoms with Crippen molar-refractivity contribution in [2.45, 2.75) is 26.2 Å². The van der Waals surface area contributed by atoms with Crippen LogP contribution in [0.25, 0.3) is 50.0 Å². The van der Waals surface area contributed by atoms with Crippen LogP contribution in [0.1, 0.15) is 26.3 Å². The van der Waals surface area contributed by atoms with E-state index in [1.165, 1.54) is 10.9 Å². The second kappa shape index (κ2) is 14.8. The minimum atomic E-state index is 0. The van der Waals surface area contributed by atoms with Gasteiger partial charge in [-0.3, -0.25) is 9.13 Å². The summed E-state index contributed by atoms with van der Waals surface area (Å²) in [4.78, 5) is 4.71. The number of para-hydroxylation sites is 6. The third kappa shape index (κ3) is 6.93. The molecule has 0 saturated carbocycles. The number of imidazole rings is 1. The van der Waals surface area contributed by atoms with Gasteiger partial charge in [0.25, 0.3) is 6.33 Å². The molecule has 0 fully saturated rings. The van der Waals surface area contributed by atoms with E-state index in [0.29, 0.717) is 11.5 Å². The quantitative estimate of drug-likeness (QED) is 0.128. The number of hydrogen-bond acceptors (Lipinski definition) is 2. The normalized spacial score (nSPS) is 11.2. The fourth-order valence-corrected chi connectivity index (χ4v) is 6.34. The first-order chi connectivity index (χ1) is 24.9. The van der Waals surface area contributed by atoms with Crippen molar-refractivity contribution >= 4 is 32.8 Å². The van der Waals surface area contributed by atoms with E-state index in [1.54, 1.807) is 0 Å². The fourth-order valence-electron chi connectivity index (χ4n) is 6.34. The molecule has 5 nitrogen and oxygen atoms in total. The number of benzene rings is 6. The summed E-state index contributed by atoms with van der Waals surface area (Å²) in [5.41, 5.74) is 7.85. The molecule has 0 saturated heterocycles. The summed E-state index contributed by atoms with van der Waals surface area (Å²) in [7, 11) is 0. The molecule has 3 aromatic heterocycles. The van der Waals surface area contributed by atoms with Crippen LogP contribution in [0.15, 0.2) is 164 Å². The van der Waals surface area contributed by atoms with Crippen molar-refractivity contribution in [1.29, 1.82) is 0 Å². The summed E-state index contributed by atoms with van der Waals surface area (Å²) < 4.78 is 12.4. The Labute approximate surface area is 318 Å². The van der Waals surface area contributed by atoms with Crippen LogP contribution in [-0.4, -0.2) is 14.1 Å². The van der Waals surface area contributed by atoms with Crippen LogP contribution >= 0.6 is 0 Å². The Hall–Kier alpha value is -5.77. The van der Waals surface area contributed by atoms with Gasteiger partial charge in [0.15, 0.2) is 0 Å². The molecule has 258 valence electrons. The van der Waals surface area contributed by atoms with E-state index in [4.69, 9.17) is 9.72 Å². The Morgan fingerprint density at radius 2 is 1.35 bits per heavy atom. The topological polar surface area (TPSA) is 35.9 Å². The number of rotatable bonds is 5. The number of hydrogen-bond donors (Lipinski definition) is 0. The van der Waals surface area contributed by atoms with Gasteiger partial charge in [-0.15, -0.1) is 29.7 Å². The van der Waals surface area contributed by atoms with Crippen molar-refractivity contribution in [2.24, 2.45) is 0 Å². The van der Waals surface area contributed by atoms with Crippen molar-refractivity contribution in [3.8, 4) is 28.7 Å². The Morgan fingerprint density at radius 1 is 0.654 bits per heavy atom. The molecule has 3 heterocycles. The molecule has 6 aromatic carbocycles. The van der Waals surface area contributed by atoms with Gasteiger partial charge in [0.1, 0.15) is 5.82 Å². The van der Waals surface area contributed by atoms with Crippen LogP contribution < -0.4 is 9.30 Å². The first kappa shape index (κ1) is 34.7. The van der Waals surface area contributed by atoms with Crippen LogP contribution in [0.5, 0.6) is 11.5 Å². The van der Waals surface area contributed by atoms with Crippen molar-refractivity contribution < 1.29 is 30.4 Å². The summed E-state index contributed by atoms with van der Waals surface area (Å²) in [6.07, 6.45) is 5.34. The zero-order valence-electron chi connectivity index (χ0n) is 29.1. The third-order valence-corrected chi connectivity index (χ3v) is 8.89. The third-order valence-electron chi connectivity index (χ3n) is 8.89. The smallest absolute Gasteiger partial charge is 0.269 e. The van der Waals surface area contributed by atoms with Gasteiger partial charge >= 0.3 is 0 Å². The molecular weight excluding hydrogens is 820 g/mol.